The van der Waals surface area contributed by atoms with E-state index in [1.807, 2.05) is 0 Å². The number of piperidine rings is 1. The van der Waals surface area contributed by atoms with E-state index in [0.29, 0.717) is 6.04 Å². The van der Waals surface area contributed by atoms with E-state index in [4.69, 9.17) is 4.98 Å². The Morgan fingerprint density at radius 2 is 1.76 bits per heavy atom. The molecule has 132 valence electrons. The quantitative estimate of drug-likeness (QED) is 0.806. The summed E-state index contributed by atoms with van der Waals surface area (Å²) in [5.74, 6) is 1.17. The van der Waals surface area contributed by atoms with Crippen LogP contribution in [0.2, 0.25) is 0 Å². The van der Waals surface area contributed by atoms with Gasteiger partial charge in [0.1, 0.15) is 5.82 Å². The van der Waals surface area contributed by atoms with Crippen molar-refractivity contribution in [2.24, 2.45) is 0 Å². The predicted molar refractivity (Wildman–Crippen MR) is 104 cm³/mol. The van der Waals surface area contributed by atoms with Gasteiger partial charge in [-0.15, -0.1) is 0 Å². The van der Waals surface area contributed by atoms with Gasteiger partial charge in [0.2, 0.25) is 0 Å². The molecule has 0 amide bonds. The average Bonchev–Trinajstić information content (AvgIpc) is 3.18. The van der Waals surface area contributed by atoms with E-state index in [-0.39, 0.29) is 0 Å². The van der Waals surface area contributed by atoms with Crippen molar-refractivity contribution in [3.8, 4) is 0 Å². The van der Waals surface area contributed by atoms with Gasteiger partial charge in [0, 0.05) is 31.9 Å². The maximum atomic E-state index is 4.84. The van der Waals surface area contributed by atoms with Crippen molar-refractivity contribution in [1.82, 2.24) is 9.88 Å². The summed E-state index contributed by atoms with van der Waals surface area (Å²) in [5, 5.41) is 0. The zero-order valence-corrected chi connectivity index (χ0v) is 15.3. The molecule has 2 aliphatic heterocycles. The summed E-state index contributed by atoms with van der Waals surface area (Å²) in [4.78, 5) is 9.92. The first-order chi connectivity index (χ1) is 12.3. The topological polar surface area (TPSA) is 19.4 Å². The highest BCUT2D eigenvalue weighted by molar-refractivity contribution is 5.45. The number of benzene rings is 1. The fourth-order valence-corrected chi connectivity index (χ4v) is 4.37. The predicted octanol–water partition coefficient (Wildman–Crippen LogP) is 4.72. The largest absolute Gasteiger partial charge is 0.357 e. The molecule has 1 atom stereocenters. The first kappa shape index (κ1) is 16.6. The molecule has 1 aromatic carbocycles. The number of hydrogen-bond donors (Lipinski definition) is 0. The lowest BCUT2D eigenvalue weighted by Gasteiger charge is -2.37. The molecular weight excluding hydrogens is 306 g/mol. The summed E-state index contributed by atoms with van der Waals surface area (Å²) < 4.78 is 0. The van der Waals surface area contributed by atoms with Crippen LogP contribution in [0.1, 0.15) is 54.8 Å². The summed E-state index contributed by atoms with van der Waals surface area (Å²) in [6.45, 7) is 6.82. The Morgan fingerprint density at radius 1 is 1.00 bits per heavy atom. The lowest BCUT2D eigenvalue weighted by atomic mass is 9.93. The van der Waals surface area contributed by atoms with Crippen LogP contribution in [0, 0.1) is 6.92 Å². The molecule has 0 aliphatic carbocycles. The highest BCUT2D eigenvalue weighted by atomic mass is 15.2. The number of pyridine rings is 1. The van der Waals surface area contributed by atoms with Crippen molar-refractivity contribution < 1.29 is 0 Å². The molecule has 0 unspecified atom stereocenters. The summed E-state index contributed by atoms with van der Waals surface area (Å²) in [6.07, 6.45) is 8.65. The van der Waals surface area contributed by atoms with Gasteiger partial charge in [-0.3, -0.25) is 4.90 Å². The normalized spacial score (nSPS) is 21.6. The minimum atomic E-state index is 0.508. The monoisotopic (exact) mass is 335 g/mol. The summed E-state index contributed by atoms with van der Waals surface area (Å²) >= 11 is 0. The van der Waals surface area contributed by atoms with Crippen molar-refractivity contribution >= 4 is 5.82 Å². The second-order valence-corrected chi connectivity index (χ2v) is 7.56. The molecular formula is C22H29N3. The molecule has 3 heterocycles. The molecule has 1 aromatic heterocycles. The summed E-state index contributed by atoms with van der Waals surface area (Å²) in [7, 11) is 0. The van der Waals surface area contributed by atoms with Crippen molar-refractivity contribution in [3.05, 3.63) is 59.3 Å². The van der Waals surface area contributed by atoms with Crippen molar-refractivity contribution in [2.45, 2.75) is 51.6 Å². The van der Waals surface area contributed by atoms with Gasteiger partial charge in [-0.05, 0) is 61.9 Å². The van der Waals surface area contributed by atoms with Crippen LogP contribution in [-0.2, 0) is 6.54 Å². The number of rotatable bonds is 4. The Labute approximate surface area is 151 Å². The number of aryl methyl sites for hydroxylation is 1. The van der Waals surface area contributed by atoms with E-state index in [9.17, 15) is 0 Å². The van der Waals surface area contributed by atoms with Gasteiger partial charge < -0.3 is 4.90 Å². The molecule has 25 heavy (non-hydrogen) atoms. The SMILES string of the molecule is Cc1cc(N2CCCC2)ncc1[C@H]1CCCCN1Cc1ccccc1. The number of anilines is 1. The van der Waals surface area contributed by atoms with E-state index in [1.165, 1.54) is 61.2 Å². The van der Waals surface area contributed by atoms with Gasteiger partial charge in [-0.25, -0.2) is 4.98 Å². The zero-order valence-electron chi connectivity index (χ0n) is 15.3. The third-order valence-corrected chi connectivity index (χ3v) is 5.77. The highest BCUT2D eigenvalue weighted by Gasteiger charge is 2.26. The summed E-state index contributed by atoms with van der Waals surface area (Å²) in [5.41, 5.74) is 4.24. The number of likely N-dealkylation sites (tertiary alicyclic amines) is 1. The van der Waals surface area contributed by atoms with E-state index in [0.717, 1.165) is 19.6 Å². The van der Waals surface area contributed by atoms with Gasteiger partial charge in [-0.2, -0.15) is 0 Å². The first-order valence-corrected chi connectivity index (χ1v) is 9.81. The van der Waals surface area contributed by atoms with Crippen molar-refractivity contribution in [1.29, 1.82) is 0 Å². The van der Waals surface area contributed by atoms with Gasteiger partial charge in [0.25, 0.3) is 0 Å². The van der Waals surface area contributed by atoms with E-state index in [1.54, 1.807) is 0 Å². The smallest absolute Gasteiger partial charge is 0.128 e. The maximum Gasteiger partial charge on any atom is 0.128 e. The van der Waals surface area contributed by atoms with Gasteiger partial charge in [0.05, 0.1) is 0 Å². The molecule has 0 radical (unpaired) electrons. The maximum absolute atomic E-state index is 4.84. The molecule has 3 heteroatoms. The second kappa shape index (κ2) is 7.57. The molecule has 2 aliphatic rings. The van der Waals surface area contributed by atoms with Crippen molar-refractivity contribution in [2.75, 3.05) is 24.5 Å². The van der Waals surface area contributed by atoms with Crippen LogP contribution < -0.4 is 4.90 Å². The minimum absolute atomic E-state index is 0.508. The van der Waals surface area contributed by atoms with Crippen LogP contribution in [0.4, 0.5) is 5.82 Å². The summed E-state index contributed by atoms with van der Waals surface area (Å²) in [6, 6.07) is 13.7. The minimum Gasteiger partial charge on any atom is -0.357 e. The van der Waals surface area contributed by atoms with Gasteiger partial charge >= 0.3 is 0 Å². The van der Waals surface area contributed by atoms with E-state index < -0.39 is 0 Å². The fraction of sp³-hybridized carbons (Fsp3) is 0.500. The number of hydrogen-bond acceptors (Lipinski definition) is 3. The average molecular weight is 335 g/mol. The molecule has 0 spiro atoms. The Bertz CT molecular complexity index is 692. The first-order valence-electron chi connectivity index (χ1n) is 9.81. The lowest BCUT2D eigenvalue weighted by molar-refractivity contribution is 0.139. The molecule has 0 N–H and O–H groups in total. The van der Waals surface area contributed by atoms with Crippen LogP contribution in [-0.4, -0.2) is 29.5 Å². The fourth-order valence-electron chi connectivity index (χ4n) is 4.37. The third-order valence-electron chi connectivity index (χ3n) is 5.77. The molecule has 2 fully saturated rings. The standard InChI is InChI=1S/C22H29N3/c1-18-15-22(24-12-7-8-13-24)23-16-20(18)21-11-5-6-14-25(21)17-19-9-3-2-4-10-19/h2-4,9-10,15-16,21H,5-8,11-14,17H2,1H3/t21-/m1/s1. The van der Waals surface area contributed by atoms with Crippen molar-refractivity contribution in [3.63, 3.8) is 0 Å². The molecule has 0 saturated carbocycles. The van der Waals surface area contributed by atoms with E-state index in [2.05, 4.69) is 59.3 Å². The Kier molecular flexibility index (Phi) is 5.02. The van der Waals surface area contributed by atoms with Crippen LogP contribution >= 0.6 is 0 Å². The van der Waals surface area contributed by atoms with Gasteiger partial charge in [0.15, 0.2) is 0 Å². The molecule has 4 rings (SSSR count). The molecule has 2 aromatic rings. The zero-order chi connectivity index (χ0) is 17.1. The Hall–Kier alpha value is -1.87. The second-order valence-electron chi connectivity index (χ2n) is 7.56. The van der Waals surface area contributed by atoms with Crippen LogP contribution in [0.15, 0.2) is 42.6 Å². The Morgan fingerprint density at radius 3 is 2.52 bits per heavy atom. The molecule has 0 bridgehead atoms. The third kappa shape index (κ3) is 3.72. The number of nitrogens with zero attached hydrogens (tertiary/aromatic N) is 3. The van der Waals surface area contributed by atoms with Crippen LogP contribution in [0.25, 0.3) is 0 Å². The van der Waals surface area contributed by atoms with Gasteiger partial charge in [-0.1, -0.05) is 36.8 Å². The highest BCUT2D eigenvalue weighted by Crippen LogP contribution is 2.34. The lowest BCUT2D eigenvalue weighted by Crippen LogP contribution is -2.33. The number of aromatic nitrogens is 1. The van der Waals surface area contributed by atoms with Crippen LogP contribution in [0.5, 0.6) is 0 Å². The molecule has 2 saturated heterocycles. The van der Waals surface area contributed by atoms with E-state index >= 15 is 0 Å². The molecule has 3 nitrogen and oxygen atoms in total. The van der Waals surface area contributed by atoms with Crippen LogP contribution in [0.3, 0.4) is 0 Å². The Balaban J connectivity index is 1.55.